The van der Waals surface area contributed by atoms with Gasteiger partial charge in [-0.15, -0.1) is 0 Å². The van der Waals surface area contributed by atoms with Crippen molar-refractivity contribution in [1.82, 2.24) is 4.72 Å². The van der Waals surface area contributed by atoms with Gasteiger partial charge in [0.1, 0.15) is 16.8 Å². The zero-order valence-electron chi connectivity index (χ0n) is 8.50. The molecular weight excluding hydrogens is 253 g/mol. The quantitative estimate of drug-likeness (QED) is 0.667. The second kappa shape index (κ2) is 5.21. The molecule has 1 atom stereocenters. The largest absolute Gasteiger partial charge is 0.480 e. The lowest BCUT2D eigenvalue weighted by Gasteiger charge is -2.12. The van der Waals surface area contributed by atoms with Crippen LogP contribution in [0.25, 0.3) is 0 Å². The third-order valence-corrected chi connectivity index (χ3v) is 3.41. The molecule has 3 N–H and O–H groups in total. The number of halogens is 1. The van der Waals surface area contributed by atoms with Gasteiger partial charge in [0.15, 0.2) is 0 Å². The summed E-state index contributed by atoms with van der Waals surface area (Å²) < 4.78 is 38.1. The molecule has 0 saturated heterocycles. The molecule has 0 fully saturated rings. The number of benzene rings is 1. The lowest BCUT2D eigenvalue weighted by molar-refractivity contribution is -0.139. The number of carboxylic acids is 1. The summed E-state index contributed by atoms with van der Waals surface area (Å²) >= 11 is 0. The van der Waals surface area contributed by atoms with Crippen molar-refractivity contribution >= 4 is 16.0 Å². The third-order valence-electron chi connectivity index (χ3n) is 1.90. The molecule has 0 unspecified atom stereocenters. The van der Waals surface area contributed by atoms with Gasteiger partial charge in [0.25, 0.3) is 0 Å². The van der Waals surface area contributed by atoms with E-state index in [0.29, 0.717) is 0 Å². The highest BCUT2D eigenvalue weighted by Gasteiger charge is 2.26. The molecular formula is C9H10FNO5S. The van der Waals surface area contributed by atoms with Crippen molar-refractivity contribution in [2.24, 2.45) is 0 Å². The number of carbonyl (C=O) groups is 1. The van der Waals surface area contributed by atoms with Crippen LogP contribution >= 0.6 is 0 Å². The Bertz CT molecular complexity index is 516. The van der Waals surface area contributed by atoms with Gasteiger partial charge >= 0.3 is 5.97 Å². The van der Waals surface area contributed by atoms with E-state index in [1.807, 2.05) is 0 Å². The van der Waals surface area contributed by atoms with E-state index in [1.165, 1.54) is 12.1 Å². The molecule has 1 aromatic rings. The summed E-state index contributed by atoms with van der Waals surface area (Å²) in [5.74, 6) is -2.55. The average molecular weight is 263 g/mol. The molecule has 0 heterocycles. The molecule has 0 amide bonds. The maximum atomic E-state index is 13.2. The Morgan fingerprint density at radius 3 is 2.47 bits per heavy atom. The van der Waals surface area contributed by atoms with Crippen LogP contribution in [0, 0.1) is 5.82 Å². The summed E-state index contributed by atoms with van der Waals surface area (Å²) in [4.78, 5) is 9.88. The standard InChI is InChI=1S/C9H10FNO5S/c10-6-3-1-2-4-8(6)17(15,16)11-7(5-12)9(13)14/h1-4,7,11-12H,5H2,(H,13,14)/t7-/m0/s1. The number of aliphatic hydroxyl groups is 1. The minimum atomic E-state index is -4.31. The summed E-state index contributed by atoms with van der Waals surface area (Å²) in [6.07, 6.45) is 0. The third kappa shape index (κ3) is 3.22. The molecule has 0 aliphatic rings. The van der Waals surface area contributed by atoms with Crippen molar-refractivity contribution in [3.8, 4) is 0 Å². The van der Waals surface area contributed by atoms with Gasteiger partial charge in [-0.25, -0.2) is 12.8 Å². The van der Waals surface area contributed by atoms with E-state index in [9.17, 15) is 17.6 Å². The molecule has 0 bridgehead atoms. The summed E-state index contributed by atoms with van der Waals surface area (Å²) in [6, 6.07) is 2.82. The highest BCUT2D eigenvalue weighted by molar-refractivity contribution is 7.89. The van der Waals surface area contributed by atoms with E-state index in [4.69, 9.17) is 10.2 Å². The van der Waals surface area contributed by atoms with Crippen LogP contribution in [0.1, 0.15) is 0 Å². The Hall–Kier alpha value is -1.51. The van der Waals surface area contributed by atoms with Crippen molar-refractivity contribution < 1.29 is 27.8 Å². The monoisotopic (exact) mass is 263 g/mol. The van der Waals surface area contributed by atoms with Crippen molar-refractivity contribution in [2.75, 3.05) is 6.61 Å². The van der Waals surface area contributed by atoms with Gasteiger partial charge in [0.2, 0.25) is 10.0 Å². The first-order valence-electron chi connectivity index (χ1n) is 4.49. The second-order valence-corrected chi connectivity index (χ2v) is 4.81. The van der Waals surface area contributed by atoms with E-state index < -0.39 is 39.4 Å². The van der Waals surface area contributed by atoms with Crippen LogP contribution in [-0.4, -0.2) is 37.2 Å². The molecule has 0 aliphatic heterocycles. The molecule has 17 heavy (non-hydrogen) atoms. The van der Waals surface area contributed by atoms with Gasteiger partial charge in [0, 0.05) is 0 Å². The number of carboxylic acid groups (broad SMARTS) is 1. The average Bonchev–Trinajstić information content (AvgIpc) is 2.26. The van der Waals surface area contributed by atoms with Gasteiger partial charge in [0.05, 0.1) is 6.61 Å². The van der Waals surface area contributed by atoms with Crippen molar-refractivity contribution in [1.29, 1.82) is 0 Å². The summed E-state index contributed by atoms with van der Waals surface area (Å²) in [5.41, 5.74) is 0. The zero-order valence-corrected chi connectivity index (χ0v) is 9.32. The number of aliphatic carboxylic acids is 1. The number of aliphatic hydroxyl groups excluding tert-OH is 1. The molecule has 8 heteroatoms. The van der Waals surface area contributed by atoms with Gasteiger partial charge in [-0.3, -0.25) is 4.79 Å². The lowest BCUT2D eigenvalue weighted by atomic mass is 10.3. The number of hydrogen-bond acceptors (Lipinski definition) is 4. The van der Waals surface area contributed by atoms with E-state index >= 15 is 0 Å². The number of rotatable bonds is 5. The predicted molar refractivity (Wildman–Crippen MR) is 55.2 cm³/mol. The van der Waals surface area contributed by atoms with Crippen LogP contribution in [-0.2, 0) is 14.8 Å². The molecule has 1 aromatic carbocycles. The highest BCUT2D eigenvalue weighted by atomic mass is 32.2. The molecule has 0 aromatic heterocycles. The lowest BCUT2D eigenvalue weighted by Crippen LogP contribution is -2.43. The fourth-order valence-corrected chi connectivity index (χ4v) is 2.34. The fraction of sp³-hybridized carbons (Fsp3) is 0.222. The number of nitrogens with one attached hydrogen (secondary N) is 1. The Labute approximate surface area is 96.8 Å². The topological polar surface area (TPSA) is 104 Å². The number of hydrogen-bond donors (Lipinski definition) is 3. The molecule has 0 spiro atoms. The Morgan fingerprint density at radius 2 is 2.00 bits per heavy atom. The van der Waals surface area contributed by atoms with Crippen molar-refractivity contribution in [2.45, 2.75) is 10.9 Å². The van der Waals surface area contributed by atoms with Gasteiger partial charge in [-0.1, -0.05) is 12.1 Å². The summed E-state index contributed by atoms with van der Waals surface area (Å²) in [6.45, 7) is -0.928. The molecule has 0 saturated carbocycles. The molecule has 94 valence electrons. The van der Waals surface area contributed by atoms with E-state index in [2.05, 4.69) is 0 Å². The van der Waals surface area contributed by atoms with Crippen LogP contribution in [0.5, 0.6) is 0 Å². The minimum Gasteiger partial charge on any atom is -0.480 e. The molecule has 0 aliphatic carbocycles. The Kier molecular flexibility index (Phi) is 4.16. The maximum absolute atomic E-state index is 13.2. The van der Waals surface area contributed by atoms with E-state index in [1.54, 1.807) is 4.72 Å². The van der Waals surface area contributed by atoms with Crippen LogP contribution in [0.15, 0.2) is 29.2 Å². The maximum Gasteiger partial charge on any atom is 0.324 e. The van der Waals surface area contributed by atoms with E-state index in [-0.39, 0.29) is 0 Å². The summed E-state index contributed by atoms with van der Waals surface area (Å²) in [5, 5.41) is 17.2. The van der Waals surface area contributed by atoms with Gasteiger partial charge in [-0.05, 0) is 12.1 Å². The number of sulfonamides is 1. The van der Waals surface area contributed by atoms with Crippen LogP contribution in [0.4, 0.5) is 4.39 Å². The van der Waals surface area contributed by atoms with Crippen LogP contribution in [0.2, 0.25) is 0 Å². The fourth-order valence-electron chi connectivity index (χ4n) is 1.08. The minimum absolute atomic E-state index is 0.667. The van der Waals surface area contributed by atoms with Crippen molar-refractivity contribution in [3.05, 3.63) is 30.1 Å². The first-order chi connectivity index (χ1) is 7.88. The first-order valence-corrected chi connectivity index (χ1v) is 5.97. The highest BCUT2D eigenvalue weighted by Crippen LogP contribution is 2.13. The van der Waals surface area contributed by atoms with Gasteiger partial charge < -0.3 is 10.2 Å². The van der Waals surface area contributed by atoms with Crippen LogP contribution in [0.3, 0.4) is 0 Å². The first kappa shape index (κ1) is 13.6. The normalized spacial score (nSPS) is 13.3. The second-order valence-electron chi connectivity index (χ2n) is 3.13. The summed E-state index contributed by atoms with van der Waals surface area (Å²) in [7, 11) is -4.31. The SMILES string of the molecule is O=C(O)[C@H](CO)NS(=O)(=O)c1ccccc1F. The van der Waals surface area contributed by atoms with E-state index in [0.717, 1.165) is 12.1 Å². The molecule has 1 rings (SSSR count). The Morgan fingerprint density at radius 1 is 1.41 bits per heavy atom. The molecule has 0 radical (unpaired) electrons. The Balaban J connectivity index is 3.05. The zero-order chi connectivity index (χ0) is 13.1. The van der Waals surface area contributed by atoms with Crippen molar-refractivity contribution in [3.63, 3.8) is 0 Å². The predicted octanol–water partition coefficient (Wildman–Crippen LogP) is -0.450. The smallest absolute Gasteiger partial charge is 0.324 e. The molecule has 6 nitrogen and oxygen atoms in total. The van der Waals surface area contributed by atoms with Gasteiger partial charge in [-0.2, -0.15) is 4.72 Å². The van der Waals surface area contributed by atoms with Crippen LogP contribution < -0.4 is 4.72 Å².